The van der Waals surface area contributed by atoms with Crippen LogP contribution in [0.2, 0.25) is 0 Å². The number of carbonyl (C=O) groups excluding carboxylic acids is 1. The van der Waals surface area contributed by atoms with Crippen LogP contribution in [0.1, 0.15) is 20.3 Å². The lowest BCUT2D eigenvalue weighted by Gasteiger charge is -2.20. The number of halogens is 1. The normalized spacial score (nSPS) is 13.3. The molecule has 0 saturated carbocycles. The van der Waals surface area contributed by atoms with E-state index in [4.69, 9.17) is 9.84 Å². The molecule has 0 aromatic heterocycles. The average Bonchev–Trinajstić information content (AvgIpc) is 2.43. The van der Waals surface area contributed by atoms with E-state index in [2.05, 4.69) is 21.2 Å². The standard InChI is InChI=1S/C14H18BrNO4/c1-3-9(2)13(14(18)19)16-12(17)8-20-11-6-4-10(15)5-7-11/h4-7,9,13H,3,8H2,1-2H3,(H,16,17)(H,18,19)/t9?,13-/m0/s1. The molecule has 0 saturated heterocycles. The van der Waals surface area contributed by atoms with Gasteiger partial charge in [0.25, 0.3) is 5.91 Å². The molecular formula is C14H18BrNO4. The third-order valence-electron chi connectivity index (χ3n) is 2.98. The second kappa shape index (κ2) is 7.89. The summed E-state index contributed by atoms with van der Waals surface area (Å²) < 4.78 is 6.20. The Morgan fingerprint density at radius 3 is 2.45 bits per heavy atom. The van der Waals surface area contributed by atoms with E-state index < -0.39 is 17.9 Å². The quantitative estimate of drug-likeness (QED) is 0.797. The molecule has 20 heavy (non-hydrogen) atoms. The number of nitrogens with one attached hydrogen (secondary N) is 1. The lowest BCUT2D eigenvalue weighted by atomic mass is 9.99. The highest BCUT2D eigenvalue weighted by Gasteiger charge is 2.25. The fourth-order valence-electron chi connectivity index (χ4n) is 1.58. The molecule has 1 rings (SSSR count). The Morgan fingerprint density at radius 1 is 1.35 bits per heavy atom. The van der Waals surface area contributed by atoms with Gasteiger partial charge in [-0.1, -0.05) is 36.2 Å². The second-order valence-corrected chi connectivity index (χ2v) is 5.43. The molecule has 0 aliphatic heterocycles. The molecule has 1 amide bonds. The number of hydrogen-bond acceptors (Lipinski definition) is 3. The van der Waals surface area contributed by atoms with Crippen LogP contribution in [0, 0.1) is 5.92 Å². The maximum atomic E-state index is 11.7. The molecule has 0 radical (unpaired) electrons. The minimum atomic E-state index is -1.03. The summed E-state index contributed by atoms with van der Waals surface area (Å²) in [5, 5.41) is 11.6. The van der Waals surface area contributed by atoms with Gasteiger partial charge in [-0.05, 0) is 30.2 Å². The minimum absolute atomic E-state index is 0.135. The lowest BCUT2D eigenvalue weighted by molar-refractivity contribution is -0.143. The van der Waals surface area contributed by atoms with Crippen molar-refractivity contribution in [1.29, 1.82) is 0 Å². The number of aliphatic carboxylic acids is 1. The molecule has 1 aromatic carbocycles. The van der Waals surface area contributed by atoms with Gasteiger partial charge in [-0.15, -0.1) is 0 Å². The third kappa shape index (κ3) is 5.21. The van der Waals surface area contributed by atoms with E-state index in [0.717, 1.165) is 4.47 Å². The van der Waals surface area contributed by atoms with Crippen molar-refractivity contribution in [3.63, 3.8) is 0 Å². The fraction of sp³-hybridized carbons (Fsp3) is 0.429. The zero-order chi connectivity index (χ0) is 15.1. The molecule has 0 bridgehead atoms. The van der Waals surface area contributed by atoms with Gasteiger partial charge >= 0.3 is 5.97 Å². The van der Waals surface area contributed by atoms with Crippen LogP contribution in [0.25, 0.3) is 0 Å². The SMILES string of the molecule is CCC(C)[C@H](NC(=O)COc1ccc(Br)cc1)C(=O)O. The maximum absolute atomic E-state index is 11.7. The number of hydrogen-bond donors (Lipinski definition) is 2. The van der Waals surface area contributed by atoms with Crippen molar-refractivity contribution in [2.24, 2.45) is 5.92 Å². The molecule has 0 aliphatic rings. The van der Waals surface area contributed by atoms with Crippen molar-refractivity contribution >= 4 is 27.8 Å². The van der Waals surface area contributed by atoms with Gasteiger partial charge in [0.2, 0.25) is 0 Å². The van der Waals surface area contributed by atoms with E-state index in [0.29, 0.717) is 12.2 Å². The molecule has 2 N–H and O–H groups in total. The summed E-state index contributed by atoms with van der Waals surface area (Å²) in [6, 6.07) is 6.15. The van der Waals surface area contributed by atoms with Gasteiger partial charge in [0.1, 0.15) is 11.8 Å². The molecule has 0 aliphatic carbocycles. The molecule has 6 heteroatoms. The van der Waals surface area contributed by atoms with Crippen molar-refractivity contribution in [2.75, 3.05) is 6.61 Å². The van der Waals surface area contributed by atoms with Crippen LogP contribution in [0.3, 0.4) is 0 Å². The first-order valence-corrected chi connectivity index (χ1v) is 7.13. The van der Waals surface area contributed by atoms with Gasteiger partial charge in [-0.25, -0.2) is 4.79 Å². The highest BCUT2D eigenvalue weighted by molar-refractivity contribution is 9.10. The number of amides is 1. The third-order valence-corrected chi connectivity index (χ3v) is 3.51. The van der Waals surface area contributed by atoms with E-state index in [-0.39, 0.29) is 12.5 Å². The fourth-order valence-corrected chi connectivity index (χ4v) is 1.84. The zero-order valence-corrected chi connectivity index (χ0v) is 13.0. The van der Waals surface area contributed by atoms with E-state index in [9.17, 15) is 9.59 Å². The molecule has 0 fully saturated rings. The molecule has 5 nitrogen and oxygen atoms in total. The van der Waals surface area contributed by atoms with E-state index in [1.54, 1.807) is 31.2 Å². The lowest BCUT2D eigenvalue weighted by Crippen LogP contribution is -2.46. The Kier molecular flexibility index (Phi) is 6.51. The summed E-state index contributed by atoms with van der Waals surface area (Å²) in [5.41, 5.74) is 0. The number of rotatable bonds is 7. The predicted octanol–water partition coefficient (Wildman–Crippen LogP) is 2.44. The Balaban J connectivity index is 2.49. The first-order valence-electron chi connectivity index (χ1n) is 6.34. The van der Waals surface area contributed by atoms with E-state index in [1.165, 1.54) is 0 Å². The summed E-state index contributed by atoms with van der Waals surface area (Å²) in [6.07, 6.45) is 0.671. The topological polar surface area (TPSA) is 75.6 Å². The minimum Gasteiger partial charge on any atom is -0.484 e. The van der Waals surface area contributed by atoms with Gasteiger partial charge in [0, 0.05) is 4.47 Å². The summed E-state index contributed by atoms with van der Waals surface area (Å²) in [7, 11) is 0. The van der Waals surface area contributed by atoms with Gasteiger partial charge in [-0.2, -0.15) is 0 Å². The number of carboxylic acid groups (broad SMARTS) is 1. The highest BCUT2D eigenvalue weighted by Crippen LogP contribution is 2.16. The van der Waals surface area contributed by atoms with Crippen molar-refractivity contribution < 1.29 is 19.4 Å². The molecule has 2 atom stereocenters. The van der Waals surface area contributed by atoms with Gasteiger partial charge < -0.3 is 15.2 Å². The average molecular weight is 344 g/mol. The van der Waals surface area contributed by atoms with Gasteiger partial charge in [0.15, 0.2) is 6.61 Å². The summed E-state index contributed by atoms with van der Waals surface area (Å²) in [6.45, 7) is 3.46. The van der Waals surface area contributed by atoms with Crippen LogP contribution in [0.5, 0.6) is 5.75 Å². The predicted molar refractivity (Wildman–Crippen MR) is 78.7 cm³/mol. The van der Waals surface area contributed by atoms with Crippen LogP contribution in [0.15, 0.2) is 28.7 Å². The summed E-state index contributed by atoms with van der Waals surface area (Å²) in [5.74, 6) is -1.06. The van der Waals surface area contributed by atoms with E-state index >= 15 is 0 Å². The van der Waals surface area contributed by atoms with Gasteiger partial charge in [0.05, 0.1) is 0 Å². The van der Waals surface area contributed by atoms with Crippen LogP contribution in [-0.2, 0) is 9.59 Å². The molecule has 1 unspecified atom stereocenters. The smallest absolute Gasteiger partial charge is 0.326 e. The van der Waals surface area contributed by atoms with Crippen LogP contribution < -0.4 is 10.1 Å². The maximum Gasteiger partial charge on any atom is 0.326 e. The zero-order valence-electron chi connectivity index (χ0n) is 11.4. The highest BCUT2D eigenvalue weighted by atomic mass is 79.9. The number of benzene rings is 1. The Hall–Kier alpha value is -1.56. The first kappa shape index (κ1) is 16.5. The van der Waals surface area contributed by atoms with Crippen LogP contribution in [0.4, 0.5) is 0 Å². The van der Waals surface area contributed by atoms with Gasteiger partial charge in [-0.3, -0.25) is 4.79 Å². The Bertz CT molecular complexity index is 461. The van der Waals surface area contributed by atoms with Crippen molar-refractivity contribution in [3.8, 4) is 5.75 Å². The van der Waals surface area contributed by atoms with E-state index in [1.807, 2.05) is 6.92 Å². The Morgan fingerprint density at radius 2 is 1.95 bits per heavy atom. The monoisotopic (exact) mass is 343 g/mol. The van der Waals surface area contributed by atoms with Crippen LogP contribution in [-0.4, -0.2) is 29.6 Å². The number of carboxylic acids is 1. The molecule has 110 valence electrons. The molecular weight excluding hydrogens is 326 g/mol. The molecule has 0 spiro atoms. The summed E-state index contributed by atoms with van der Waals surface area (Å²) in [4.78, 5) is 22.8. The van der Waals surface area contributed by atoms with Crippen LogP contribution >= 0.6 is 15.9 Å². The van der Waals surface area contributed by atoms with Crippen molar-refractivity contribution in [1.82, 2.24) is 5.32 Å². The van der Waals surface area contributed by atoms with Crippen molar-refractivity contribution in [2.45, 2.75) is 26.3 Å². The first-order chi connectivity index (χ1) is 9.43. The number of ether oxygens (including phenoxy) is 1. The largest absolute Gasteiger partial charge is 0.484 e. The number of carbonyl (C=O) groups is 2. The molecule has 0 heterocycles. The van der Waals surface area contributed by atoms with Crippen molar-refractivity contribution in [3.05, 3.63) is 28.7 Å². The Labute approximate surface area is 126 Å². The summed E-state index contributed by atoms with van der Waals surface area (Å²) >= 11 is 3.30. The molecule has 1 aromatic rings. The second-order valence-electron chi connectivity index (χ2n) is 4.51.